The van der Waals surface area contributed by atoms with Gasteiger partial charge in [-0.15, -0.1) is 0 Å². The molecular formula is C16H31NO. The molecule has 0 saturated heterocycles. The molecule has 3 N–H and O–H groups in total. The second-order valence-electron chi connectivity index (χ2n) is 7.27. The first-order chi connectivity index (χ1) is 8.45. The van der Waals surface area contributed by atoms with Crippen molar-refractivity contribution in [2.45, 2.75) is 71.3 Å². The highest BCUT2D eigenvalue weighted by Gasteiger charge is 2.55. The van der Waals surface area contributed by atoms with Gasteiger partial charge >= 0.3 is 0 Å². The van der Waals surface area contributed by atoms with E-state index in [0.717, 1.165) is 31.6 Å². The molecule has 0 radical (unpaired) electrons. The summed E-state index contributed by atoms with van der Waals surface area (Å²) in [5.41, 5.74) is 5.63. The third kappa shape index (κ3) is 2.12. The molecule has 2 fully saturated rings. The van der Waals surface area contributed by atoms with Crippen LogP contribution in [0.5, 0.6) is 0 Å². The first kappa shape index (κ1) is 14.3. The minimum Gasteiger partial charge on any atom is -0.389 e. The molecule has 0 bridgehead atoms. The Morgan fingerprint density at radius 2 is 1.78 bits per heavy atom. The van der Waals surface area contributed by atoms with E-state index >= 15 is 0 Å². The summed E-state index contributed by atoms with van der Waals surface area (Å²) >= 11 is 0. The van der Waals surface area contributed by atoms with Crippen LogP contribution in [0.3, 0.4) is 0 Å². The monoisotopic (exact) mass is 253 g/mol. The molecule has 0 aliphatic heterocycles. The van der Waals surface area contributed by atoms with Crippen LogP contribution in [-0.4, -0.2) is 17.3 Å². The van der Waals surface area contributed by atoms with Gasteiger partial charge in [0.05, 0.1) is 5.60 Å². The summed E-state index contributed by atoms with van der Waals surface area (Å²) in [6.45, 7) is 7.53. The van der Waals surface area contributed by atoms with E-state index in [0.29, 0.717) is 18.4 Å². The lowest BCUT2D eigenvalue weighted by molar-refractivity contribution is -0.171. The van der Waals surface area contributed by atoms with Gasteiger partial charge in [0.15, 0.2) is 0 Å². The number of aliphatic hydroxyl groups is 1. The SMILES string of the molecule is CC1CCCC(CN)(C2(O)CCCC(C)C2C)C1. The smallest absolute Gasteiger partial charge is 0.0743 e. The van der Waals surface area contributed by atoms with Gasteiger partial charge in [-0.3, -0.25) is 0 Å². The molecule has 0 aromatic carbocycles. The zero-order chi connectivity index (χ0) is 13.4. The zero-order valence-electron chi connectivity index (χ0n) is 12.4. The molecule has 2 heteroatoms. The molecule has 106 valence electrons. The Bertz CT molecular complexity index is 289. The van der Waals surface area contributed by atoms with E-state index in [1.165, 1.54) is 19.3 Å². The Kier molecular flexibility index (Phi) is 4.08. The molecule has 18 heavy (non-hydrogen) atoms. The molecule has 0 heterocycles. The quantitative estimate of drug-likeness (QED) is 0.793. The van der Waals surface area contributed by atoms with Crippen molar-refractivity contribution in [3.05, 3.63) is 0 Å². The summed E-state index contributed by atoms with van der Waals surface area (Å²) in [6, 6.07) is 0. The van der Waals surface area contributed by atoms with Crippen molar-refractivity contribution >= 4 is 0 Å². The van der Waals surface area contributed by atoms with Gasteiger partial charge in [0.2, 0.25) is 0 Å². The molecule has 5 unspecified atom stereocenters. The maximum Gasteiger partial charge on any atom is 0.0743 e. The molecule has 0 aromatic rings. The zero-order valence-corrected chi connectivity index (χ0v) is 12.4. The van der Waals surface area contributed by atoms with Gasteiger partial charge < -0.3 is 10.8 Å². The summed E-state index contributed by atoms with van der Waals surface area (Å²) in [5.74, 6) is 1.74. The summed E-state index contributed by atoms with van der Waals surface area (Å²) in [6.07, 6.45) is 8.18. The van der Waals surface area contributed by atoms with E-state index in [2.05, 4.69) is 20.8 Å². The minimum atomic E-state index is -0.520. The lowest BCUT2D eigenvalue weighted by Crippen LogP contribution is -2.60. The van der Waals surface area contributed by atoms with E-state index < -0.39 is 5.60 Å². The third-order valence-corrected chi connectivity index (χ3v) is 6.22. The molecule has 0 spiro atoms. The average Bonchev–Trinajstić information content (AvgIpc) is 2.35. The normalized spacial score (nSPS) is 50.2. The predicted molar refractivity (Wildman–Crippen MR) is 76.2 cm³/mol. The van der Waals surface area contributed by atoms with Crippen LogP contribution in [0.15, 0.2) is 0 Å². The van der Waals surface area contributed by atoms with Crippen LogP contribution in [0.1, 0.15) is 65.7 Å². The van der Waals surface area contributed by atoms with E-state index in [1.54, 1.807) is 0 Å². The Balaban J connectivity index is 2.29. The number of nitrogens with two attached hydrogens (primary N) is 1. The molecule has 2 saturated carbocycles. The summed E-state index contributed by atoms with van der Waals surface area (Å²) in [4.78, 5) is 0. The van der Waals surface area contributed by atoms with Crippen molar-refractivity contribution in [2.75, 3.05) is 6.54 Å². The molecule has 2 aliphatic rings. The summed E-state index contributed by atoms with van der Waals surface area (Å²) in [7, 11) is 0. The van der Waals surface area contributed by atoms with Crippen LogP contribution in [0.2, 0.25) is 0 Å². The van der Waals surface area contributed by atoms with E-state index in [9.17, 15) is 5.11 Å². The standard InChI is InChI=1S/C16H31NO/c1-12-6-4-8-15(10-12,11-17)16(18)9-5-7-13(2)14(16)3/h12-14,18H,4-11,17H2,1-3H3. The van der Waals surface area contributed by atoms with Crippen LogP contribution in [-0.2, 0) is 0 Å². The number of hydrogen-bond donors (Lipinski definition) is 2. The number of rotatable bonds is 2. The Morgan fingerprint density at radius 1 is 1.11 bits per heavy atom. The highest BCUT2D eigenvalue weighted by molar-refractivity contribution is 5.06. The molecule has 0 amide bonds. The van der Waals surface area contributed by atoms with Gasteiger partial charge in [0.1, 0.15) is 0 Å². The lowest BCUT2D eigenvalue weighted by atomic mass is 9.52. The topological polar surface area (TPSA) is 46.2 Å². The van der Waals surface area contributed by atoms with E-state index in [4.69, 9.17) is 5.73 Å². The Morgan fingerprint density at radius 3 is 2.39 bits per heavy atom. The molecule has 5 atom stereocenters. The van der Waals surface area contributed by atoms with Crippen LogP contribution in [0.25, 0.3) is 0 Å². The summed E-state index contributed by atoms with van der Waals surface area (Å²) < 4.78 is 0. The second kappa shape index (κ2) is 5.13. The molecule has 2 aliphatic carbocycles. The third-order valence-electron chi connectivity index (χ3n) is 6.22. The Hall–Kier alpha value is -0.0800. The molecule has 2 rings (SSSR count). The fraction of sp³-hybridized carbons (Fsp3) is 1.00. The highest BCUT2D eigenvalue weighted by atomic mass is 16.3. The van der Waals surface area contributed by atoms with Crippen molar-refractivity contribution in [3.8, 4) is 0 Å². The van der Waals surface area contributed by atoms with Gasteiger partial charge in [0, 0.05) is 12.0 Å². The molecular weight excluding hydrogens is 222 g/mol. The van der Waals surface area contributed by atoms with Crippen LogP contribution >= 0.6 is 0 Å². The first-order valence-corrected chi connectivity index (χ1v) is 7.87. The van der Waals surface area contributed by atoms with Crippen LogP contribution < -0.4 is 5.73 Å². The maximum absolute atomic E-state index is 11.4. The Labute approximate surface area is 112 Å². The van der Waals surface area contributed by atoms with Crippen molar-refractivity contribution in [1.29, 1.82) is 0 Å². The van der Waals surface area contributed by atoms with E-state index in [1.807, 2.05) is 0 Å². The molecule has 0 aromatic heterocycles. The van der Waals surface area contributed by atoms with Crippen molar-refractivity contribution in [2.24, 2.45) is 28.9 Å². The number of hydrogen-bond acceptors (Lipinski definition) is 2. The molecule has 2 nitrogen and oxygen atoms in total. The minimum absolute atomic E-state index is 0.0151. The largest absolute Gasteiger partial charge is 0.389 e. The van der Waals surface area contributed by atoms with E-state index in [-0.39, 0.29) is 5.41 Å². The van der Waals surface area contributed by atoms with Gasteiger partial charge in [-0.25, -0.2) is 0 Å². The van der Waals surface area contributed by atoms with Crippen molar-refractivity contribution < 1.29 is 5.11 Å². The van der Waals surface area contributed by atoms with Crippen LogP contribution in [0.4, 0.5) is 0 Å². The van der Waals surface area contributed by atoms with Crippen LogP contribution in [0, 0.1) is 23.2 Å². The second-order valence-corrected chi connectivity index (χ2v) is 7.27. The van der Waals surface area contributed by atoms with Gasteiger partial charge in [-0.05, 0) is 37.0 Å². The fourth-order valence-electron chi connectivity index (χ4n) is 4.81. The van der Waals surface area contributed by atoms with Gasteiger partial charge in [0.25, 0.3) is 0 Å². The predicted octanol–water partition coefficient (Wildman–Crippen LogP) is 3.33. The van der Waals surface area contributed by atoms with Crippen molar-refractivity contribution in [3.63, 3.8) is 0 Å². The maximum atomic E-state index is 11.4. The average molecular weight is 253 g/mol. The van der Waals surface area contributed by atoms with Gasteiger partial charge in [-0.2, -0.15) is 0 Å². The first-order valence-electron chi connectivity index (χ1n) is 7.87. The van der Waals surface area contributed by atoms with Gasteiger partial charge in [-0.1, -0.05) is 46.5 Å². The fourth-order valence-corrected chi connectivity index (χ4v) is 4.81. The lowest BCUT2D eigenvalue weighted by Gasteiger charge is -2.56. The highest BCUT2D eigenvalue weighted by Crippen LogP contribution is 2.54. The van der Waals surface area contributed by atoms with Crippen molar-refractivity contribution in [1.82, 2.24) is 0 Å². The summed E-state index contributed by atoms with van der Waals surface area (Å²) in [5, 5.41) is 11.4.